The summed E-state index contributed by atoms with van der Waals surface area (Å²) in [6.45, 7) is 3.03. The lowest BCUT2D eigenvalue weighted by Gasteiger charge is -2.26. The van der Waals surface area contributed by atoms with Crippen molar-refractivity contribution in [3.05, 3.63) is 21.9 Å². The van der Waals surface area contributed by atoms with Crippen molar-refractivity contribution in [2.24, 2.45) is 12.2 Å². The molecule has 2 aliphatic rings. The van der Waals surface area contributed by atoms with Crippen molar-refractivity contribution in [1.82, 2.24) is 9.55 Å². The minimum absolute atomic E-state index is 0.168. The van der Waals surface area contributed by atoms with E-state index in [1.807, 2.05) is 0 Å². The molecule has 0 saturated carbocycles. The van der Waals surface area contributed by atoms with E-state index < -0.39 is 6.29 Å². The van der Waals surface area contributed by atoms with Gasteiger partial charge in [-0.25, -0.2) is 4.98 Å². The Morgan fingerprint density at radius 1 is 1.27 bits per heavy atom. The summed E-state index contributed by atoms with van der Waals surface area (Å²) < 4.78 is 18.7. The number of nitrogens with zero attached hydrogens (tertiary/aromatic N) is 3. The van der Waals surface area contributed by atoms with Crippen LogP contribution in [-0.4, -0.2) is 46.1 Å². The summed E-state index contributed by atoms with van der Waals surface area (Å²) in [7, 11) is 1.66. The molecule has 144 valence electrons. The first-order valence-corrected chi connectivity index (χ1v) is 9.27. The van der Waals surface area contributed by atoms with Gasteiger partial charge in [-0.15, -0.1) is 0 Å². The molecular formula is C18H27N3O5. The highest BCUT2D eigenvalue weighted by Crippen LogP contribution is 2.22. The van der Waals surface area contributed by atoms with Crippen molar-refractivity contribution in [1.29, 1.82) is 0 Å². The van der Waals surface area contributed by atoms with Gasteiger partial charge in [0.2, 0.25) is 5.75 Å². The lowest BCUT2D eigenvalue weighted by Crippen LogP contribution is -2.34. The second kappa shape index (κ2) is 8.64. The Kier molecular flexibility index (Phi) is 6.26. The summed E-state index contributed by atoms with van der Waals surface area (Å²) in [5.74, 6) is 0.741. The quantitative estimate of drug-likeness (QED) is 0.487. The van der Waals surface area contributed by atoms with E-state index in [9.17, 15) is 10.0 Å². The van der Waals surface area contributed by atoms with E-state index in [0.29, 0.717) is 30.4 Å². The maximum Gasteiger partial charge on any atom is 0.296 e. The fourth-order valence-corrected chi connectivity index (χ4v) is 3.31. The third kappa shape index (κ3) is 4.24. The molecule has 2 atom stereocenters. The molecule has 0 radical (unpaired) electrons. The second-order valence-corrected chi connectivity index (χ2v) is 6.84. The van der Waals surface area contributed by atoms with E-state index >= 15 is 0 Å². The van der Waals surface area contributed by atoms with Crippen LogP contribution in [0.2, 0.25) is 0 Å². The fourth-order valence-electron chi connectivity index (χ4n) is 3.31. The van der Waals surface area contributed by atoms with E-state index in [1.165, 1.54) is 4.57 Å². The molecule has 0 amide bonds. The Balaban J connectivity index is 1.87. The van der Waals surface area contributed by atoms with Gasteiger partial charge in [0.15, 0.2) is 6.29 Å². The summed E-state index contributed by atoms with van der Waals surface area (Å²) in [6, 6.07) is 0. The molecule has 8 nitrogen and oxygen atoms in total. The zero-order valence-electron chi connectivity index (χ0n) is 15.4. The Morgan fingerprint density at radius 3 is 2.62 bits per heavy atom. The Labute approximate surface area is 152 Å². The van der Waals surface area contributed by atoms with Crippen molar-refractivity contribution in [3.8, 4) is 5.75 Å². The summed E-state index contributed by atoms with van der Waals surface area (Å²) in [4.78, 5) is 17.3. The molecule has 2 fully saturated rings. The van der Waals surface area contributed by atoms with Gasteiger partial charge in [0.05, 0.1) is 24.1 Å². The molecule has 0 aliphatic carbocycles. The first-order chi connectivity index (χ1) is 12.6. The molecule has 8 heteroatoms. The normalized spacial score (nSPS) is 24.5. The van der Waals surface area contributed by atoms with E-state index in [0.717, 1.165) is 38.5 Å². The molecule has 1 aromatic heterocycles. The molecule has 2 aliphatic heterocycles. The van der Waals surface area contributed by atoms with Crippen molar-refractivity contribution in [3.63, 3.8) is 0 Å². The zero-order chi connectivity index (χ0) is 18.5. The lowest BCUT2D eigenvalue weighted by atomic mass is 10.0. The van der Waals surface area contributed by atoms with Gasteiger partial charge < -0.3 is 19.4 Å². The molecule has 1 N–H and O–H groups in total. The Hall–Kier alpha value is -1.93. The van der Waals surface area contributed by atoms with Crippen LogP contribution in [-0.2, 0) is 22.9 Å². The van der Waals surface area contributed by atoms with Gasteiger partial charge in [0, 0.05) is 26.5 Å². The molecule has 3 rings (SSSR count). The van der Waals surface area contributed by atoms with Crippen LogP contribution in [0.4, 0.5) is 0 Å². The Bertz CT molecular complexity index is 704. The van der Waals surface area contributed by atoms with E-state index in [4.69, 9.17) is 14.2 Å². The number of oxime groups is 1. The largest absolute Gasteiger partial charge is 0.457 e. The molecule has 2 saturated heterocycles. The highest BCUT2D eigenvalue weighted by atomic mass is 16.7. The van der Waals surface area contributed by atoms with E-state index in [-0.39, 0.29) is 23.8 Å². The third-order valence-corrected chi connectivity index (χ3v) is 4.96. The average molecular weight is 365 g/mol. The SMILES string of the molecule is Cc1nc(CC(=NO)C2CCCCO2)c(OC2CCCCO2)c(=O)n1C. The molecular weight excluding hydrogens is 338 g/mol. The summed E-state index contributed by atoms with van der Waals surface area (Å²) in [5, 5.41) is 12.9. The van der Waals surface area contributed by atoms with Crippen molar-refractivity contribution in [2.45, 2.75) is 64.3 Å². The maximum atomic E-state index is 12.7. The van der Waals surface area contributed by atoms with Crippen LogP contribution in [0.3, 0.4) is 0 Å². The molecule has 0 aromatic carbocycles. The van der Waals surface area contributed by atoms with Crippen LogP contribution >= 0.6 is 0 Å². The van der Waals surface area contributed by atoms with Gasteiger partial charge in [-0.3, -0.25) is 9.36 Å². The molecule has 0 spiro atoms. The van der Waals surface area contributed by atoms with E-state index in [1.54, 1.807) is 14.0 Å². The predicted octanol–water partition coefficient (Wildman–Crippen LogP) is 1.94. The monoisotopic (exact) mass is 365 g/mol. The number of aromatic nitrogens is 2. The van der Waals surface area contributed by atoms with Gasteiger partial charge in [0.1, 0.15) is 5.82 Å². The van der Waals surface area contributed by atoms with Crippen LogP contribution in [0.15, 0.2) is 9.95 Å². The molecule has 3 heterocycles. The first-order valence-electron chi connectivity index (χ1n) is 9.27. The molecule has 26 heavy (non-hydrogen) atoms. The number of rotatable bonds is 5. The zero-order valence-corrected chi connectivity index (χ0v) is 15.4. The van der Waals surface area contributed by atoms with Gasteiger partial charge in [-0.05, 0) is 39.0 Å². The number of hydrogen-bond acceptors (Lipinski definition) is 7. The predicted molar refractivity (Wildman–Crippen MR) is 95.0 cm³/mol. The summed E-state index contributed by atoms with van der Waals surface area (Å²) in [6.07, 6.45) is 5.07. The van der Waals surface area contributed by atoms with Gasteiger partial charge >= 0.3 is 0 Å². The van der Waals surface area contributed by atoms with Gasteiger partial charge in [-0.2, -0.15) is 0 Å². The summed E-state index contributed by atoms with van der Waals surface area (Å²) in [5.41, 5.74) is 0.671. The summed E-state index contributed by atoms with van der Waals surface area (Å²) >= 11 is 0. The fraction of sp³-hybridized carbons (Fsp3) is 0.722. The minimum atomic E-state index is -0.444. The second-order valence-electron chi connectivity index (χ2n) is 6.84. The highest BCUT2D eigenvalue weighted by molar-refractivity contribution is 5.90. The molecule has 0 bridgehead atoms. The lowest BCUT2D eigenvalue weighted by molar-refractivity contribution is -0.107. The molecule has 1 aromatic rings. The van der Waals surface area contributed by atoms with E-state index in [2.05, 4.69) is 10.1 Å². The van der Waals surface area contributed by atoms with Gasteiger partial charge in [0.25, 0.3) is 5.56 Å². The highest BCUT2D eigenvalue weighted by Gasteiger charge is 2.26. The van der Waals surface area contributed by atoms with Crippen LogP contribution in [0, 0.1) is 6.92 Å². The van der Waals surface area contributed by atoms with Crippen LogP contribution in [0.25, 0.3) is 0 Å². The topological polar surface area (TPSA) is 95.2 Å². The molecule has 2 unspecified atom stereocenters. The van der Waals surface area contributed by atoms with Crippen LogP contribution < -0.4 is 10.3 Å². The van der Waals surface area contributed by atoms with Gasteiger partial charge in [-0.1, -0.05) is 5.16 Å². The third-order valence-electron chi connectivity index (χ3n) is 4.96. The Morgan fingerprint density at radius 2 is 2.00 bits per heavy atom. The van der Waals surface area contributed by atoms with Crippen molar-refractivity contribution < 1.29 is 19.4 Å². The maximum absolute atomic E-state index is 12.7. The number of aryl methyl sites for hydroxylation is 1. The van der Waals surface area contributed by atoms with Crippen LogP contribution in [0.5, 0.6) is 5.75 Å². The minimum Gasteiger partial charge on any atom is -0.457 e. The standard InChI is InChI=1S/C18H27N3O5/c1-12-19-14(11-13(20-23)15-7-3-5-9-24-15)17(18(22)21(12)2)26-16-8-4-6-10-25-16/h15-16,23H,3-11H2,1-2H3. The number of ether oxygens (including phenoxy) is 3. The number of hydrogen-bond donors (Lipinski definition) is 1. The average Bonchev–Trinajstić information content (AvgIpc) is 2.68. The first kappa shape index (κ1) is 18.8. The van der Waals surface area contributed by atoms with Crippen molar-refractivity contribution in [2.75, 3.05) is 13.2 Å². The van der Waals surface area contributed by atoms with Crippen LogP contribution in [0.1, 0.15) is 50.0 Å². The smallest absolute Gasteiger partial charge is 0.296 e. The van der Waals surface area contributed by atoms with Crippen molar-refractivity contribution >= 4 is 5.71 Å².